The molecule has 0 saturated carbocycles. The van der Waals surface area contributed by atoms with Crippen molar-refractivity contribution in [2.75, 3.05) is 19.5 Å². The molecule has 0 aromatic heterocycles. The maximum absolute atomic E-state index is 12.1. The van der Waals surface area contributed by atoms with E-state index in [1.165, 1.54) is 6.08 Å². The Kier molecular flexibility index (Phi) is 5.41. The van der Waals surface area contributed by atoms with E-state index in [0.717, 1.165) is 22.4 Å². The molecular formula is C19H21NO3. The molecule has 1 amide bonds. The highest BCUT2D eigenvalue weighted by Crippen LogP contribution is 2.28. The summed E-state index contributed by atoms with van der Waals surface area (Å²) in [6, 6.07) is 11.5. The van der Waals surface area contributed by atoms with E-state index in [1.807, 2.05) is 44.2 Å². The molecule has 4 nitrogen and oxygen atoms in total. The lowest BCUT2D eigenvalue weighted by molar-refractivity contribution is -0.111. The predicted molar refractivity (Wildman–Crippen MR) is 93.1 cm³/mol. The number of carbonyl (C=O) groups excluding carboxylic acids is 1. The van der Waals surface area contributed by atoms with Crippen molar-refractivity contribution < 1.29 is 14.3 Å². The predicted octanol–water partition coefficient (Wildman–Crippen LogP) is 3.97. The molecule has 2 rings (SSSR count). The van der Waals surface area contributed by atoms with Crippen molar-refractivity contribution in [3.63, 3.8) is 0 Å². The van der Waals surface area contributed by atoms with Crippen LogP contribution >= 0.6 is 0 Å². The van der Waals surface area contributed by atoms with Crippen molar-refractivity contribution in [3.05, 3.63) is 59.2 Å². The number of carbonyl (C=O) groups is 1. The first-order valence-corrected chi connectivity index (χ1v) is 7.32. The summed E-state index contributed by atoms with van der Waals surface area (Å²) in [7, 11) is 3.17. The van der Waals surface area contributed by atoms with Gasteiger partial charge in [-0.15, -0.1) is 0 Å². The van der Waals surface area contributed by atoms with Gasteiger partial charge < -0.3 is 14.8 Å². The zero-order valence-corrected chi connectivity index (χ0v) is 13.8. The molecule has 0 unspecified atom stereocenters. The van der Waals surface area contributed by atoms with Crippen LogP contribution in [0.15, 0.2) is 42.5 Å². The van der Waals surface area contributed by atoms with E-state index in [1.54, 1.807) is 26.4 Å². The number of nitrogens with one attached hydrogen (secondary N) is 1. The third kappa shape index (κ3) is 4.36. The minimum absolute atomic E-state index is 0.173. The van der Waals surface area contributed by atoms with Crippen LogP contribution in [0.4, 0.5) is 5.69 Å². The topological polar surface area (TPSA) is 47.6 Å². The number of ether oxygens (including phenoxy) is 2. The summed E-state index contributed by atoms with van der Waals surface area (Å²) in [5.41, 5.74) is 3.82. The fraction of sp³-hybridized carbons (Fsp3) is 0.211. The maximum atomic E-state index is 12.1. The lowest BCUT2D eigenvalue weighted by atomic mass is 10.1. The number of rotatable bonds is 5. The lowest BCUT2D eigenvalue weighted by Crippen LogP contribution is -2.09. The van der Waals surface area contributed by atoms with Gasteiger partial charge in [0.1, 0.15) is 0 Å². The fourth-order valence-corrected chi connectivity index (χ4v) is 2.17. The monoisotopic (exact) mass is 311 g/mol. The molecule has 0 radical (unpaired) electrons. The maximum Gasteiger partial charge on any atom is 0.248 e. The Morgan fingerprint density at radius 1 is 1.00 bits per heavy atom. The van der Waals surface area contributed by atoms with E-state index in [4.69, 9.17) is 9.47 Å². The number of hydrogen-bond acceptors (Lipinski definition) is 3. The average molecular weight is 311 g/mol. The second-order valence-corrected chi connectivity index (χ2v) is 5.26. The molecule has 0 aliphatic heterocycles. The number of amides is 1. The number of methoxy groups -OCH3 is 2. The molecule has 1 N–H and O–H groups in total. The Bertz CT molecular complexity index is 735. The van der Waals surface area contributed by atoms with Crippen molar-refractivity contribution >= 4 is 17.7 Å². The van der Waals surface area contributed by atoms with Crippen molar-refractivity contribution in [1.82, 2.24) is 0 Å². The summed E-state index contributed by atoms with van der Waals surface area (Å²) in [5, 5.41) is 2.89. The molecule has 0 aliphatic carbocycles. The van der Waals surface area contributed by atoms with E-state index < -0.39 is 0 Å². The molecule has 0 atom stereocenters. The van der Waals surface area contributed by atoms with E-state index >= 15 is 0 Å². The lowest BCUT2D eigenvalue weighted by Gasteiger charge is -2.08. The molecule has 2 aromatic rings. The highest BCUT2D eigenvalue weighted by molar-refractivity contribution is 6.02. The quantitative estimate of drug-likeness (QED) is 0.850. The van der Waals surface area contributed by atoms with E-state index in [0.29, 0.717) is 11.5 Å². The van der Waals surface area contributed by atoms with Crippen LogP contribution in [0.5, 0.6) is 11.5 Å². The Hall–Kier alpha value is -2.75. The van der Waals surface area contributed by atoms with Crippen molar-refractivity contribution in [1.29, 1.82) is 0 Å². The van der Waals surface area contributed by atoms with Crippen LogP contribution in [-0.2, 0) is 4.79 Å². The summed E-state index contributed by atoms with van der Waals surface area (Å²) < 4.78 is 10.4. The minimum Gasteiger partial charge on any atom is -0.493 e. The number of hydrogen-bond donors (Lipinski definition) is 1. The van der Waals surface area contributed by atoms with E-state index in [2.05, 4.69) is 5.32 Å². The molecule has 120 valence electrons. The van der Waals surface area contributed by atoms with Crippen LogP contribution < -0.4 is 14.8 Å². The third-order valence-corrected chi connectivity index (χ3v) is 3.49. The molecule has 2 aromatic carbocycles. The molecule has 23 heavy (non-hydrogen) atoms. The van der Waals surface area contributed by atoms with Gasteiger partial charge in [0, 0.05) is 11.8 Å². The highest BCUT2D eigenvalue weighted by atomic mass is 16.5. The van der Waals surface area contributed by atoms with E-state index in [-0.39, 0.29) is 5.91 Å². The number of aryl methyl sites for hydroxylation is 2. The van der Waals surface area contributed by atoms with Gasteiger partial charge in [-0.1, -0.05) is 18.2 Å². The van der Waals surface area contributed by atoms with Crippen LogP contribution in [-0.4, -0.2) is 20.1 Å². The molecule has 0 spiro atoms. The van der Waals surface area contributed by atoms with Crippen LogP contribution in [0.1, 0.15) is 16.7 Å². The summed E-state index contributed by atoms with van der Waals surface area (Å²) in [6.45, 7) is 3.96. The Morgan fingerprint density at radius 2 is 1.74 bits per heavy atom. The Balaban J connectivity index is 2.10. The molecule has 0 heterocycles. The summed E-state index contributed by atoms with van der Waals surface area (Å²) in [4.78, 5) is 12.1. The first-order chi connectivity index (χ1) is 11.0. The zero-order valence-electron chi connectivity index (χ0n) is 13.8. The van der Waals surface area contributed by atoms with Gasteiger partial charge in [-0.05, 0) is 54.8 Å². The van der Waals surface area contributed by atoms with Gasteiger partial charge in [0.25, 0.3) is 0 Å². The number of benzene rings is 2. The van der Waals surface area contributed by atoms with Gasteiger partial charge in [0.05, 0.1) is 14.2 Å². The first kappa shape index (κ1) is 16.6. The fourth-order valence-electron chi connectivity index (χ4n) is 2.17. The normalized spacial score (nSPS) is 10.6. The highest BCUT2D eigenvalue weighted by Gasteiger charge is 2.04. The SMILES string of the molecule is COc1ccc(/C=C/C(=O)Nc2cc(C)ccc2C)cc1OC. The molecule has 0 fully saturated rings. The molecule has 0 bridgehead atoms. The average Bonchev–Trinajstić information content (AvgIpc) is 2.56. The van der Waals surface area contributed by atoms with E-state index in [9.17, 15) is 4.79 Å². The minimum atomic E-state index is -0.173. The van der Waals surface area contributed by atoms with Crippen molar-refractivity contribution in [2.24, 2.45) is 0 Å². The largest absolute Gasteiger partial charge is 0.493 e. The van der Waals surface area contributed by atoms with Gasteiger partial charge in [-0.2, -0.15) is 0 Å². The first-order valence-electron chi connectivity index (χ1n) is 7.32. The van der Waals surface area contributed by atoms with Crippen LogP contribution in [0, 0.1) is 13.8 Å². The zero-order chi connectivity index (χ0) is 16.8. The van der Waals surface area contributed by atoms with Crippen LogP contribution in [0.2, 0.25) is 0 Å². The smallest absolute Gasteiger partial charge is 0.248 e. The third-order valence-electron chi connectivity index (χ3n) is 3.49. The van der Waals surface area contributed by atoms with Gasteiger partial charge in [-0.25, -0.2) is 0 Å². The second kappa shape index (κ2) is 7.49. The van der Waals surface area contributed by atoms with Gasteiger partial charge >= 0.3 is 0 Å². The number of anilines is 1. The van der Waals surface area contributed by atoms with Crippen molar-refractivity contribution in [2.45, 2.75) is 13.8 Å². The van der Waals surface area contributed by atoms with Gasteiger partial charge in [-0.3, -0.25) is 4.79 Å². The van der Waals surface area contributed by atoms with Crippen LogP contribution in [0.3, 0.4) is 0 Å². The van der Waals surface area contributed by atoms with Crippen LogP contribution in [0.25, 0.3) is 6.08 Å². The summed E-state index contributed by atoms with van der Waals surface area (Å²) in [6.07, 6.45) is 3.24. The van der Waals surface area contributed by atoms with Gasteiger partial charge in [0.15, 0.2) is 11.5 Å². The molecule has 0 aliphatic rings. The second-order valence-electron chi connectivity index (χ2n) is 5.26. The van der Waals surface area contributed by atoms with Gasteiger partial charge in [0.2, 0.25) is 5.91 Å². The Morgan fingerprint density at radius 3 is 2.43 bits per heavy atom. The summed E-state index contributed by atoms with van der Waals surface area (Å²) in [5.74, 6) is 1.11. The molecule has 0 saturated heterocycles. The summed E-state index contributed by atoms with van der Waals surface area (Å²) >= 11 is 0. The standard InChI is InChI=1S/C19H21NO3/c1-13-5-6-14(2)16(11-13)20-19(21)10-8-15-7-9-17(22-3)18(12-15)23-4/h5-12H,1-4H3,(H,20,21)/b10-8+. The molecule has 4 heteroatoms. The Labute approximate surface area is 136 Å². The van der Waals surface area contributed by atoms with Crippen molar-refractivity contribution in [3.8, 4) is 11.5 Å². The molecular weight excluding hydrogens is 290 g/mol.